The van der Waals surface area contributed by atoms with Crippen molar-refractivity contribution < 1.29 is 0 Å². The lowest BCUT2D eigenvalue weighted by atomic mass is 10.2. The van der Waals surface area contributed by atoms with E-state index in [0.29, 0.717) is 16.3 Å². The van der Waals surface area contributed by atoms with E-state index in [-0.39, 0.29) is 5.56 Å². The van der Waals surface area contributed by atoms with Gasteiger partial charge in [0, 0.05) is 16.6 Å². The number of thiophene rings is 1. The van der Waals surface area contributed by atoms with Crippen molar-refractivity contribution in [1.29, 1.82) is 0 Å². The molecule has 0 aliphatic heterocycles. The van der Waals surface area contributed by atoms with Crippen LogP contribution in [0.25, 0.3) is 20.4 Å². The number of nitrogens with zero attached hydrogens (tertiary/aromatic N) is 3. The van der Waals surface area contributed by atoms with E-state index in [2.05, 4.69) is 11.9 Å². The Morgan fingerprint density at radius 1 is 1.24 bits per heavy atom. The molecule has 0 radical (unpaired) electrons. The van der Waals surface area contributed by atoms with Gasteiger partial charge >= 0.3 is 0 Å². The van der Waals surface area contributed by atoms with E-state index in [1.165, 1.54) is 11.3 Å². The van der Waals surface area contributed by atoms with Gasteiger partial charge in [-0.05, 0) is 35.6 Å². The third-order valence-electron chi connectivity index (χ3n) is 3.85. The highest BCUT2D eigenvalue weighted by molar-refractivity contribution is 7.99. The minimum Gasteiger partial charge on any atom is -0.282 e. The van der Waals surface area contributed by atoms with Gasteiger partial charge in [0.1, 0.15) is 9.53 Å². The molecular formula is C18H14ClN3OS2. The Morgan fingerprint density at radius 2 is 2.04 bits per heavy atom. The van der Waals surface area contributed by atoms with Gasteiger partial charge in [-0.1, -0.05) is 42.4 Å². The van der Waals surface area contributed by atoms with Gasteiger partial charge in [0.15, 0.2) is 5.16 Å². The van der Waals surface area contributed by atoms with Crippen LogP contribution in [0.15, 0.2) is 52.5 Å². The Bertz CT molecular complexity index is 1120. The van der Waals surface area contributed by atoms with Crippen LogP contribution >= 0.6 is 34.7 Å². The summed E-state index contributed by atoms with van der Waals surface area (Å²) in [5.74, 6) is 0.846. The molecule has 4 rings (SSSR count). The second-order valence-corrected chi connectivity index (χ2v) is 8.15. The zero-order valence-corrected chi connectivity index (χ0v) is 15.8. The first-order chi connectivity index (χ1) is 12.2. The molecule has 4 nitrogen and oxygen atoms in total. The van der Waals surface area contributed by atoms with Crippen molar-refractivity contribution in [2.24, 2.45) is 0 Å². The molecule has 0 atom stereocenters. The van der Waals surface area contributed by atoms with Crippen molar-refractivity contribution in [2.75, 3.05) is 5.75 Å². The predicted molar refractivity (Wildman–Crippen MR) is 106 cm³/mol. The Morgan fingerprint density at radius 3 is 2.80 bits per heavy atom. The number of hydrogen-bond acceptors (Lipinski definition) is 5. The first-order valence-corrected chi connectivity index (χ1v) is 10.0. The quantitative estimate of drug-likeness (QED) is 0.372. The van der Waals surface area contributed by atoms with Crippen molar-refractivity contribution >= 4 is 55.1 Å². The molecule has 0 aliphatic carbocycles. The van der Waals surface area contributed by atoms with E-state index in [0.717, 1.165) is 32.2 Å². The average Bonchev–Trinajstić information content (AvgIpc) is 2.99. The number of rotatable bonds is 4. The summed E-state index contributed by atoms with van der Waals surface area (Å²) in [6, 6.07) is 11.4. The molecule has 25 heavy (non-hydrogen) atoms. The summed E-state index contributed by atoms with van der Waals surface area (Å²) in [6.45, 7) is 2.53. The van der Waals surface area contributed by atoms with E-state index >= 15 is 0 Å². The zero-order chi connectivity index (χ0) is 17.4. The normalized spacial score (nSPS) is 11.4. The number of benzene rings is 1. The number of hydrogen-bond donors (Lipinski definition) is 0. The lowest BCUT2D eigenvalue weighted by molar-refractivity contribution is 0.660. The van der Waals surface area contributed by atoms with Crippen molar-refractivity contribution in [3.05, 3.63) is 63.5 Å². The van der Waals surface area contributed by atoms with Crippen LogP contribution in [0.5, 0.6) is 0 Å². The summed E-state index contributed by atoms with van der Waals surface area (Å²) in [5.41, 5.74) is 1.75. The monoisotopic (exact) mass is 387 g/mol. The highest BCUT2D eigenvalue weighted by Gasteiger charge is 2.16. The minimum atomic E-state index is -0.0149. The number of thioether (sulfide) groups is 1. The van der Waals surface area contributed by atoms with E-state index in [1.54, 1.807) is 22.5 Å². The van der Waals surface area contributed by atoms with Gasteiger partial charge in [-0.25, -0.2) is 9.97 Å². The van der Waals surface area contributed by atoms with Gasteiger partial charge in [0.25, 0.3) is 5.56 Å². The second-order valence-electron chi connectivity index (χ2n) is 5.48. The molecule has 4 aromatic rings. The van der Waals surface area contributed by atoms with Crippen LogP contribution in [0.1, 0.15) is 12.5 Å². The topological polar surface area (TPSA) is 47.8 Å². The standard InChI is InChI=1S/C18H14ClN3OS2/c1-2-24-18-21-14-13-4-3-9-20-16(13)25-15(14)17(23)22(18)10-11-5-7-12(19)8-6-11/h3-9H,2,10H2,1H3. The fourth-order valence-corrected chi connectivity index (χ4v) is 4.57. The lowest BCUT2D eigenvalue weighted by Crippen LogP contribution is -2.23. The van der Waals surface area contributed by atoms with Crippen LogP contribution in [-0.2, 0) is 6.54 Å². The fraction of sp³-hybridized carbons (Fsp3) is 0.167. The van der Waals surface area contributed by atoms with E-state index in [9.17, 15) is 4.79 Å². The maximum absolute atomic E-state index is 13.1. The SMILES string of the molecule is CCSc1nc2c(sc3ncccc32)c(=O)n1Cc1ccc(Cl)cc1. The van der Waals surface area contributed by atoms with Crippen molar-refractivity contribution in [3.63, 3.8) is 0 Å². The molecule has 0 spiro atoms. The van der Waals surface area contributed by atoms with Gasteiger partial charge in [0.05, 0.1) is 12.1 Å². The molecule has 126 valence electrons. The molecule has 0 unspecified atom stereocenters. The molecule has 0 bridgehead atoms. The molecule has 0 saturated carbocycles. The summed E-state index contributed by atoms with van der Waals surface area (Å²) >= 11 is 8.94. The van der Waals surface area contributed by atoms with Gasteiger partial charge in [-0.3, -0.25) is 9.36 Å². The zero-order valence-electron chi connectivity index (χ0n) is 13.4. The Kier molecular flexibility index (Phi) is 4.50. The minimum absolute atomic E-state index is 0.0149. The van der Waals surface area contributed by atoms with Crippen LogP contribution < -0.4 is 5.56 Å². The Labute approximate surface area is 157 Å². The predicted octanol–water partition coefficient (Wildman–Crippen LogP) is 4.82. The maximum Gasteiger partial charge on any atom is 0.272 e. The number of pyridine rings is 1. The summed E-state index contributed by atoms with van der Waals surface area (Å²) in [6.07, 6.45) is 1.74. The van der Waals surface area contributed by atoms with Crippen molar-refractivity contribution in [2.45, 2.75) is 18.6 Å². The lowest BCUT2D eigenvalue weighted by Gasteiger charge is -2.11. The van der Waals surface area contributed by atoms with Crippen molar-refractivity contribution in [3.8, 4) is 0 Å². The molecule has 0 fully saturated rings. The van der Waals surface area contributed by atoms with E-state index in [1.807, 2.05) is 36.4 Å². The molecule has 0 amide bonds. The molecule has 0 N–H and O–H groups in total. The van der Waals surface area contributed by atoms with Gasteiger partial charge in [-0.2, -0.15) is 0 Å². The molecule has 7 heteroatoms. The van der Waals surface area contributed by atoms with Crippen LogP contribution in [0.3, 0.4) is 0 Å². The highest BCUT2D eigenvalue weighted by atomic mass is 35.5. The van der Waals surface area contributed by atoms with Crippen molar-refractivity contribution in [1.82, 2.24) is 14.5 Å². The average molecular weight is 388 g/mol. The Hall–Kier alpha value is -1.89. The number of fused-ring (bicyclic) bond motifs is 3. The molecule has 0 saturated heterocycles. The third-order valence-corrected chi connectivity index (χ3v) is 6.05. The van der Waals surface area contributed by atoms with Crippen LogP contribution in [-0.4, -0.2) is 20.3 Å². The summed E-state index contributed by atoms with van der Waals surface area (Å²) < 4.78 is 2.40. The molecule has 3 aromatic heterocycles. The van der Waals surface area contributed by atoms with Gasteiger partial charge in [-0.15, -0.1) is 11.3 Å². The molecule has 3 heterocycles. The van der Waals surface area contributed by atoms with E-state index < -0.39 is 0 Å². The Balaban J connectivity index is 1.93. The van der Waals surface area contributed by atoms with Crippen LogP contribution in [0, 0.1) is 0 Å². The first-order valence-electron chi connectivity index (χ1n) is 7.82. The summed E-state index contributed by atoms with van der Waals surface area (Å²) in [7, 11) is 0. The van der Waals surface area contributed by atoms with Gasteiger partial charge in [0.2, 0.25) is 0 Å². The van der Waals surface area contributed by atoms with E-state index in [4.69, 9.17) is 16.6 Å². The molecule has 0 aliphatic rings. The first kappa shape index (κ1) is 16.6. The molecule has 1 aromatic carbocycles. The number of aromatic nitrogens is 3. The van der Waals surface area contributed by atoms with Crippen LogP contribution in [0.4, 0.5) is 0 Å². The maximum atomic E-state index is 13.1. The third kappa shape index (κ3) is 3.05. The fourth-order valence-electron chi connectivity index (χ4n) is 2.69. The summed E-state index contributed by atoms with van der Waals surface area (Å²) in [4.78, 5) is 23.1. The number of halogens is 1. The second kappa shape index (κ2) is 6.78. The smallest absolute Gasteiger partial charge is 0.272 e. The van der Waals surface area contributed by atoms with Gasteiger partial charge < -0.3 is 0 Å². The summed E-state index contributed by atoms with van der Waals surface area (Å²) in [5, 5.41) is 2.36. The highest BCUT2D eigenvalue weighted by Crippen LogP contribution is 2.30. The van der Waals surface area contributed by atoms with Crippen LogP contribution in [0.2, 0.25) is 5.02 Å². The molecular weight excluding hydrogens is 374 g/mol. The largest absolute Gasteiger partial charge is 0.282 e.